The summed E-state index contributed by atoms with van der Waals surface area (Å²) in [5.41, 5.74) is 0. The van der Waals surface area contributed by atoms with Crippen molar-refractivity contribution in [3.8, 4) is 0 Å². The van der Waals surface area contributed by atoms with E-state index in [0.717, 1.165) is 21.2 Å². The fourth-order valence-electron chi connectivity index (χ4n) is 0.595. The van der Waals surface area contributed by atoms with Crippen molar-refractivity contribution in [1.29, 1.82) is 0 Å². The van der Waals surface area contributed by atoms with Gasteiger partial charge in [0.25, 0.3) is 0 Å². The molecule has 1 unspecified atom stereocenters. The van der Waals surface area contributed by atoms with E-state index in [0.29, 0.717) is 5.92 Å². The minimum atomic E-state index is 0.694. The molecule has 1 atom stereocenters. The summed E-state index contributed by atoms with van der Waals surface area (Å²) < 4.78 is 5.20. The van der Waals surface area contributed by atoms with E-state index in [1.54, 1.807) is 11.8 Å². The molecule has 0 saturated heterocycles. The third-order valence-corrected chi connectivity index (χ3v) is 4.62. The number of halogens is 1. The van der Waals surface area contributed by atoms with Gasteiger partial charge in [-0.15, -0.1) is 0 Å². The molecular formula is C7H11BrN2S2. The molecule has 0 aliphatic carbocycles. The van der Waals surface area contributed by atoms with Crippen molar-refractivity contribution in [1.82, 2.24) is 9.36 Å². The van der Waals surface area contributed by atoms with Crippen LogP contribution in [0.2, 0.25) is 0 Å². The molecule has 1 aromatic heterocycles. The normalized spacial score (nSPS) is 13.2. The minimum Gasteiger partial charge on any atom is -0.213 e. The zero-order valence-electron chi connectivity index (χ0n) is 7.08. The largest absolute Gasteiger partial charge is 0.213 e. The summed E-state index contributed by atoms with van der Waals surface area (Å²) in [7, 11) is 0. The molecule has 0 amide bonds. The fraction of sp³-hybridized carbons (Fsp3) is 0.714. The minimum absolute atomic E-state index is 0.694. The first kappa shape index (κ1) is 10.5. The zero-order valence-corrected chi connectivity index (χ0v) is 10.3. The summed E-state index contributed by atoms with van der Waals surface area (Å²) in [6.07, 6.45) is 0. The first-order chi connectivity index (χ1) is 5.72. The van der Waals surface area contributed by atoms with Crippen molar-refractivity contribution in [3.63, 3.8) is 0 Å². The maximum Gasteiger partial charge on any atom is 0.170 e. The summed E-state index contributed by atoms with van der Waals surface area (Å²) >= 11 is 6.72. The summed E-state index contributed by atoms with van der Waals surface area (Å²) in [6, 6.07) is 0. The van der Waals surface area contributed by atoms with E-state index in [9.17, 15) is 0 Å². The van der Waals surface area contributed by atoms with Gasteiger partial charge in [-0.05, 0) is 24.4 Å². The molecule has 68 valence electrons. The number of alkyl halides is 1. The van der Waals surface area contributed by atoms with Gasteiger partial charge in [0.15, 0.2) is 4.34 Å². The molecule has 0 fully saturated rings. The third kappa shape index (κ3) is 3.41. The number of nitrogens with zero attached hydrogens (tertiary/aromatic N) is 2. The lowest BCUT2D eigenvalue weighted by atomic mass is 10.3. The van der Waals surface area contributed by atoms with Crippen LogP contribution in [-0.4, -0.2) is 20.4 Å². The maximum atomic E-state index is 4.27. The van der Waals surface area contributed by atoms with Crippen LogP contribution in [0.15, 0.2) is 4.34 Å². The molecular weight excluding hydrogens is 256 g/mol. The third-order valence-electron chi connectivity index (χ3n) is 1.26. The molecule has 1 aromatic rings. The summed E-state index contributed by atoms with van der Waals surface area (Å²) in [4.78, 5) is 4.27. The van der Waals surface area contributed by atoms with Crippen molar-refractivity contribution in [2.75, 3.05) is 11.1 Å². The van der Waals surface area contributed by atoms with Gasteiger partial charge in [0.2, 0.25) is 0 Å². The number of hydrogen-bond donors (Lipinski definition) is 0. The van der Waals surface area contributed by atoms with Crippen molar-refractivity contribution >= 4 is 39.2 Å². The van der Waals surface area contributed by atoms with Gasteiger partial charge in [0.1, 0.15) is 5.82 Å². The molecule has 0 spiro atoms. The van der Waals surface area contributed by atoms with Crippen molar-refractivity contribution in [2.45, 2.75) is 18.2 Å². The molecule has 5 heteroatoms. The standard InChI is InChI=1S/C7H11BrN2S2/c1-5(3-8)4-11-7-9-6(2)10-12-7/h5H,3-4H2,1-2H3. The van der Waals surface area contributed by atoms with Gasteiger partial charge in [0, 0.05) is 11.1 Å². The molecule has 0 bridgehead atoms. The Morgan fingerprint density at radius 2 is 2.42 bits per heavy atom. The molecule has 1 heterocycles. The van der Waals surface area contributed by atoms with E-state index < -0.39 is 0 Å². The number of thioether (sulfide) groups is 1. The molecule has 0 saturated carbocycles. The first-order valence-electron chi connectivity index (χ1n) is 3.71. The maximum absolute atomic E-state index is 4.27. The van der Waals surface area contributed by atoms with Crippen LogP contribution >= 0.6 is 39.2 Å². The van der Waals surface area contributed by atoms with E-state index in [4.69, 9.17) is 0 Å². The van der Waals surface area contributed by atoms with Crippen LogP contribution in [-0.2, 0) is 0 Å². The Morgan fingerprint density at radius 3 is 2.92 bits per heavy atom. The van der Waals surface area contributed by atoms with Crippen LogP contribution in [0.5, 0.6) is 0 Å². The zero-order chi connectivity index (χ0) is 8.97. The predicted molar refractivity (Wildman–Crippen MR) is 58.3 cm³/mol. The van der Waals surface area contributed by atoms with Gasteiger partial charge in [-0.25, -0.2) is 4.98 Å². The molecule has 12 heavy (non-hydrogen) atoms. The molecule has 2 nitrogen and oxygen atoms in total. The van der Waals surface area contributed by atoms with Crippen LogP contribution in [0.25, 0.3) is 0 Å². The highest BCUT2D eigenvalue weighted by molar-refractivity contribution is 9.09. The van der Waals surface area contributed by atoms with Crippen LogP contribution in [0.1, 0.15) is 12.7 Å². The Bertz CT molecular complexity index is 239. The second-order valence-corrected chi connectivity index (χ2v) is 5.34. The summed E-state index contributed by atoms with van der Waals surface area (Å²) in [5.74, 6) is 2.69. The highest BCUT2D eigenvalue weighted by atomic mass is 79.9. The molecule has 1 rings (SSSR count). The van der Waals surface area contributed by atoms with E-state index >= 15 is 0 Å². The Hall–Kier alpha value is 0.390. The first-order valence-corrected chi connectivity index (χ1v) is 6.59. The molecule has 0 aromatic carbocycles. The lowest BCUT2D eigenvalue weighted by molar-refractivity contribution is 0.770. The highest BCUT2D eigenvalue weighted by Crippen LogP contribution is 2.22. The summed E-state index contributed by atoms with van der Waals surface area (Å²) in [6.45, 7) is 4.14. The number of rotatable bonds is 4. The van der Waals surface area contributed by atoms with Gasteiger partial charge in [0.05, 0.1) is 0 Å². The van der Waals surface area contributed by atoms with E-state index in [1.807, 2.05) is 6.92 Å². The Labute approximate surface area is 89.5 Å². The average Bonchev–Trinajstić information content (AvgIpc) is 2.47. The fourth-order valence-corrected chi connectivity index (χ4v) is 2.82. The highest BCUT2D eigenvalue weighted by Gasteiger charge is 2.04. The van der Waals surface area contributed by atoms with Crippen LogP contribution in [0.4, 0.5) is 0 Å². The van der Waals surface area contributed by atoms with Crippen LogP contribution < -0.4 is 0 Å². The van der Waals surface area contributed by atoms with Gasteiger partial charge in [-0.1, -0.05) is 34.6 Å². The average molecular weight is 267 g/mol. The second-order valence-electron chi connectivity index (χ2n) is 2.68. The van der Waals surface area contributed by atoms with Gasteiger partial charge >= 0.3 is 0 Å². The second kappa shape index (κ2) is 5.19. The van der Waals surface area contributed by atoms with E-state index in [1.165, 1.54) is 11.5 Å². The Morgan fingerprint density at radius 1 is 1.67 bits per heavy atom. The van der Waals surface area contributed by atoms with Gasteiger partial charge in [-0.3, -0.25) is 0 Å². The molecule has 0 aliphatic heterocycles. The van der Waals surface area contributed by atoms with E-state index in [2.05, 4.69) is 32.2 Å². The smallest absolute Gasteiger partial charge is 0.170 e. The van der Waals surface area contributed by atoms with Crippen LogP contribution in [0.3, 0.4) is 0 Å². The summed E-state index contributed by atoms with van der Waals surface area (Å²) in [5, 5.41) is 1.05. The Balaban J connectivity index is 2.33. The lowest BCUT2D eigenvalue weighted by Crippen LogP contribution is -1.98. The van der Waals surface area contributed by atoms with Crippen molar-refractivity contribution < 1.29 is 0 Å². The number of aryl methyl sites for hydroxylation is 1. The van der Waals surface area contributed by atoms with Crippen molar-refractivity contribution in [3.05, 3.63) is 5.82 Å². The predicted octanol–water partition coefficient (Wildman–Crippen LogP) is 2.97. The quantitative estimate of drug-likeness (QED) is 0.619. The Kier molecular flexibility index (Phi) is 4.53. The molecule has 0 N–H and O–H groups in total. The topological polar surface area (TPSA) is 25.8 Å². The monoisotopic (exact) mass is 266 g/mol. The lowest BCUT2D eigenvalue weighted by Gasteiger charge is -2.02. The number of hydrogen-bond acceptors (Lipinski definition) is 4. The molecule has 0 radical (unpaired) electrons. The van der Waals surface area contributed by atoms with Gasteiger partial charge in [-0.2, -0.15) is 4.37 Å². The van der Waals surface area contributed by atoms with Crippen molar-refractivity contribution in [2.24, 2.45) is 5.92 Å². The molecule has 0 aliphatic rings. The van der Waals surface area contributed by atoms with Crippen LogP contribution in [0, 0.1) is 12.8 Å². The SMILES string of the molecule is Cc1nsc(SCC(C)CBr)n1. The van der Waals surface area contributed by atoms with E-state index in [-0.39, 0.29) is 0 Å². The number of aromatic nitrogens is 2. The van der Waals surface area contributed by atoms with Gasteiger partial charge < -0.3 is 0 Å².